The summed E-state index contributed by atoms with van der Waals surface area (Å²) in [5.74, 6) is 0.137. The molecule has 0 aliphatic carbocycles. The maximum atomic E-state index is 13.2. The highest BCUT2D eigenvalue weighted by molar-refractivity contribution is 7.17. The second-order valence-corrected chi connectivity index (χ2v) is 10.8. The van der Waals surface area contributed by atoms with Crippen molar-refractivity contribution < 1.29 is 4.79 Å². The first-order valence-electron chi connectivity index (χ1n) is 11.8. The van der Waals surface area contributed by atoms with Crippen LogP contribution >= 0.6 is 22.9 Å². The van der Waals surface area contributed by atoms with Crippen LogP contribution in [0.4, 0.5) is 5.00 Å². The zero-order valence-electron chi connectivity index (χ0n) is 21.1. The first-order chi connectivity index (χ1) is 17.1. The maximum absolute atomic E-state index is 13.2. The summed E-state index contributed by atoms with van der Waals surface area (Å²) in [6, 6.07) is 14.6. The molecule has 2 heterocycles. The van der Waals surface area contributed by atoms with E-state index >= 15 is 0 Å². The second kappa shape index (κ2) is 10.4. The number of nitrogens with zero attached hydrogens (tertiary/aromatic N) is 2. The van der Waals surface area contributed by atoms with Crippen molar-refractivity contribution >= 4 is 51.2 Å². The summed E-state index contributed by atoms with van der Waals surface area (Å²) < 4.78 is 0. The SMILES string of the molecule is CC(=N)N1C(=N)C(CC(=O)NC(C)c2ccc(C)cc2)N=C(c2ccc(Cl)cc2)c2c1sc(C)c2C. The van der Waals surface area contributed by atoms with E-state index in [0.717, 1.165) is 37.7 Å². The number of rotatable bonds is 5. The summed E-state index contributed by atoms with van der Waals surface area (Å²) in [5.41, 5.74) is 5.69. The highest BCUT2D eigenvalue weighted by Crippen LogP contribution is 2.40. The van der Waals surface area contributed by atoms with Gasteiger partial charge in [0.15, 0.2) is 0 Å². The molecule has 2 atom stereocenters. The van der Waals surface area contributed by atoms with Gasteiger partial charge in [0, 0.05) is 21.0 Å². The number of carbonyl (C=O) groups is 1. The van der Waals surface area contributed by atoms with E-state index in [-0.39, 0.29) is 30.0 Å². The van der Waals surface area contributed by atoms with Crippen LogP contribution in [-0.4, -0.2) is 29.3 Å². The molecule has 0 bridgehead atoms. The van der Waals surface area contributed by atoms with Gasteiger partial charge in [-0.3, -0.25) is 25.5 Å². The number of fused-ring (bicyclic) bond motifs is 1. The molecule has 0 spiro atoms. The zero-order valence-corrected chi connectivity index (χ0v) is 22.6. The molecular weight excluding hydrogens is 490 g/mol. The molecule has 1 aromatic heterocycles. The van der Waals surface area contributed by atoms with Crippen molar-refractivity contribution in [1.82, 2.24) is 5.32 Å². The van der Waals surface area contributed by atoms with E-state index in [9.17, 15) is 4.79 Å². The number of anilines is 1. The van der Waals surface area contributed by atoms with Crippen molar-refractivity contribution in [1.29, 1.82) is 10.8 Å². The van der Waals surface area contributed by atoms with E-state index in [1.807, 2.05) is 76.2 Å². The second-order valence-electron chi connectivity index (χ2n) is 9.17. The van der Waals surface area contributed by atoms with E-state index in [0.29, 0.717) is 10.7 Å². The van der Waals surface area contributed by atoms with Gasteiger partial charge in [0.05, 0.1) is 18.2 Å². The Kier molecular flexibility index (Phi) is 7.43. The van der Waals surface area contributed by atoms with Gasteiger partial charge < -0.3 is 5.32 Å². The molecule has 6 nitrogen and oxygen atoms in total. The molecule has 0 saturated heterocycles. The van der Waals surface area contributed by atoms with Crippen molar-refractivity contribution in [3.8, 4) is 0 Å². The third kappa shape index (κ3) is 5.13. The lowest BCUT2D eigenvalue weighted by atomic mass is 9.99. The van der Waals surface area contributed by atoms with E-state index in [1.54, 1.807) is 11.8 Å². The van der Waals surface area contributed by atoms with Gasteiger partial charge in [0.1, 0.15) is 22.7 Å². The number of hydrogen-bond donors (Lipinski definition) is 3. The molecule has 3 N–H and O–H groups in total. The summed E-state index contributed by atoms with van der Waals surface area (Å²) in [6.07, 6.45) is 0.00285. The fourth-order valence-electron chi connectivity index (χ4n) is 4.30. The third-order valence-electron chi connectivity index (χ3n) is 6.43. The van der Waals surface area contributed by atoms with Gasteiger partial charge in [0.25, 0.3) is 0 Å². The Hall–Kier alpha value is -3.29. The Morgan fingerprint density at radius 3 is 2.39 bits per heavy atom. The summed E-state index contributed by atoms with van der Waals surface area (Å²) in [7, 11) is 0. The molecule has 8 heteroatoms. The average molecular weight is 520 g/mol. The molecule has 3 aromatic rings. The Bertz CT molecular complexity index is 1360. The molecule has 2 unspecified atom stereocenters. The van der Waals surface area contributed by atoms with Gasteiger partial charge in [-0.05, 0) is 57.9 Å². The van der Waals surface area contributed by atoms with E-state index in [1.165, 1.54) is 11.3 Å². The lowest BCUT2D eigenvalue weighted by Crippen LogP contribution is -2.42. The standard InChI is InChI=1S/C28H30ClN5OS/c1-15-6-8-20(9-7-15)17(3)32-24(35)14-23-27(31)34(19(5)30)28-25(16(2)18(4)36-28)26(33-23)21-10-12-22(29)13-11-21/h6-13,17,23,30-31H,14H2,1-5H3,(H,32,35). The molecule has 1 amide bonds. The van der Waals surface area contributed by atoms with Crippen molar-refractivity contribution in [2.45, 2.75) is 53.1 Å². The van der Waals surface area contributed by atoms with Crippen molar-refractivity contribution in [3.63, 3.8) is 0 Å². The van der Waals surface area contributed by atoms with Crippen molar-refractivity contribution in [2.24, 2.45) is 4.99 Å². The van der Waals surface area contributed by atoms with Crippen LogP contribution in [0, 0.1) is 31.6 Å². The number of thiophene rings is 1. The van der Waals surface area contributed by atoms with Gasteiger partial charge >= 0.3 is 0 Å². The fourth-order valence-corrected chi connectivity index (χ4v) is 5.65. The number of aryl methyl sites for hydroxylation is 2. The number of carbonyl (C=O) groups excluding carboxylic acids is 1. The summed E-state index contributed by atoms with van der Waals surface area (Å²) >= 11 is 7.69. The van der Waals surface area contributed by atoms with Crippen LogP contribution in [0.25, 0.3) is 0 Å². The summed E-state index contributed by atoms with van der Waals surface area (Å²) in [4.78, 5) is 20.9. The monoisotopic (exact) mass is 519 g/mol. The largest absolute Gasteiger partial charge is 0.350 e. The number of nitrogens with one attached hydrogen (secondary N) is 3. The van der Waals surface area contributed by atoms with Crippen LogP contribution in [0.15, 0.2) is 53.5 Å². The minimum absolute atomic E-state index is 0.00285. The number of amides is 1. The predicted octanol–water partition coefficient (Wildman–Crippen LogP) is 6.59. The van der Waals surface area contributed by atoms with Crippen molar-refractivity contribution in [3.05, 3.63) is 86.2 Å². The zero-order chi connectivity index (χ0) is 26.1. The van der Waals surface area contributed by atoms with E-state index in [2.05, 4.69) is 5.32 Å². The van der Waals surface area contributed by atoms with Crippen LogP contribution in [0.1, 0.15) is 59.0 Å². The smallest absolute Gasteiger partial charge is 0.223 e. The maximum Gasteiger partial charge on any atom is 0.223 e. The number of benzene rings is 2. The highest BCUT2D eigenvalue weighted by Gasteiger charge is 2.35. The molecule has 36 heavy (non-hydrogen) atoms. The van der Waals surface area contributed by atoms with Crippen LogP contribution in [0.5, 0.6) is 0 Å². The molecule has 2 aromatic carbocycles. The lowest BCUT2D eigenvalue weighted by molar-refractivity contribution is -0.121. The van der Waals surface area contributed by atoms with E-state index in [4.69, 9.17) is 27.4 Å². The first-order valence-corrected chi connectivity index (χ1v) is 13.0. The third-order valence-corrected chi connectivity index (χ3v) is 7.88. The number of hydrogen-bond acceptors (Lipinski definition) is 5. The number of amidine groups is 2. The quantitative estimate of drug-likeness (QED) is 0.262. The molecular formula is C28H30ClN5OS. The van der Waals surface area contributed by atoms with Crippen molar-refractivity contribution in [2.75, 3.05) is 4.90 Å². The minimum Gasteiger partial charge on any atom is -0.350 e. The molecule has 186 valence electrons. The number of halogens is 1. The van der Waals surface area contributed by atoms with Crippen LogP contribution in [0.2, 0.25) is 5.02 Å². The van der Waals surface area contributed by atoms with Gasteiger partial charge in [-0.25, -0.2) is 0 Å². The van der Waals surface area contributed by atoms with Gasteiger partial charge in [-0.15, -0.1) is 11.3 Å². The lowest BCUT2D eigenvalue weighted by Gasteiger charge is -2.25. The fraction of sp³-hybridized carbons (Fsp3) is 0.286. The van der Waals surface area contributed by atoms with Crippen LogP contribution in [0.3, 0.4) is 0 Å². The molecule has 0 saturated carbocycles. The first kappa shape index (κ1) is 25.8. The molecule has 0 fully saturated rings. The van der Waals surface area contributed by atoms with Gasteiger partial charge in [-0.1, -0.05) is 53.6 Å². The van der Waals surface area contributed by atoms with Crippen LogP contribution < -0.4 is 10.2 Å². The topological polar surface area (TPSA) is 92.4 Å². The summed E-state index contributed by atoms with van der Waals surface area (Å²) in [6.45, 7) is 9.70. The molecule has 1 aliphatic heterocycles. The molecule has 4 rings (SSSR count). The number of aliphatic imine (C=N–C) groups is 1. The Morgan fingerprint density at radius 1 is 1.14 bits per heavy atom. The summed E-state index contributed by atoms with van der Waals surface area (Å²) in [5, 5.41) is 21.9. The van der Waals surface area contributed by atoms with Gasteiger partial charge in [0.2, 0.25) is 5.91 Å². The van der Waals surface area contributed by atoms with E-state index < -0.39 is 6.04 Å². The van der Waals surface area contributed by atoms with Crippen LogP contribution in [-0.2, 0) is 4.79 Å². The predicted molar refractivity (Wildman–Crippen MR) is 151 cm³/mol. The Morgan fingerprint density at radius 2 is 1.78 bits per heavy atom. The van der Waals surface area contributed by atoms with Gasteiger partial charge in [-0.2, -0.15) is 0 Å². The Labute approximate surface area is 221 Å². The Balaban J connectivity index is 1.73. The molecule has 1 aliphatic rings. The highest BCUT2D eigenvalue weighted by atomic mass is 35.5. The minimum atomic E-state index is -0.750. The average Bonchev–Trinajstić information content (AvgIpc) is 3.04. The molecule has 0 radical (unpaired) electrons. The normalized spacial score (nSPS) is 16.2.